The van der Waals surface area contributed by atoms with E-state index >= 15 is 0 Å². The molecule has 0 unspecified atom stereocenters. The molecule has 20 heavy (non-hydrogen) atoms. The minimum absolute atomic E-state index is 0.0331. The van der Waals surface area contributed by atoms with E-state index < -0.39 is 0 Å². The van der Waals surface area contributed by atoms with Gasteiger partial charge in [-0.25, -0.2) is 0 Å². The maximum Gasteiger partial charge on any atom is 0.254 e. The Morgan fingerprint density at radius 2 is 2.10 bits per heavy atom. The molecule has 1 aliphatic heterocycles. The molecule has 1 atom stereocenters. The van der Waals surface area contributed by atoms with E-state index in [4.69, 9.17) is 27.9 Å². The van der Waals surface area contributed by atoms with Gasteiger partial charge in [-0.1, -0.05) is 23.2 Å². The Kier molecular flexibility index (Phi) is 5.13. The largest absolute Gasteiger partial charge is 0.494 e. The molecular formula is C14H18Cl2N2O2. The number of carbonyl (C=O) groups is 1. The summed E-state index contributed by atoms with van der Waals surface area (Å²) in [7, 11) is 3.39. The number of amides is 1. The van der Waals surface area contributed by atoms with E-state index in [1.165, 1.54) is 7.11 Å². The number of nitrogens with one attached hydrogen (secondary N) is 1. The van der Waals surface area contributed by atoms with Crippen LogP contribution in [0.25, 0.3) is 0 Å². The first kappa shape index (κ1) is 15.4. The average Bonchev–Trinajstić information content (AvgIpc) is 2.86. The van der Waals surface area contributed by atoms with Gasteiger partial charge in [0.2, 0.25) is 0 Å². The van der Waals surface area contributed by atoms with Crippen molar-refractivity contribution in [1.82, 2.24) is 10.2 Å². The second-order valence-electron chi connectivity index (χ2n) is 4.83. The van der Waals surface area contributed by atoms with Crippen molar-refractivity contribution in [3.05, 3.63) is 27.7 Å². The fraction of sp³-hybridized carbons (Fsp3) is 0.500. The first-order chi connectivity index (χ1) is 9.58. The Morgan fingerprint density at radius 1 is 1.45 bits per heavy atom. The molecule has 0 spiro atoms. The lowest BCUT2D eigenvalue weighted by atomic mass is 10.1. The van der Waals surface area contributed by atoms with Crippen LogP contribution in [0.5, 0.6) is 5.75 Å². The highest BCUT2D eigenvalue weighted by atomic mass is 35.5. The van der Waals surface area contributed by atoms with Gasteiger partial charge in [-0.3, -0.25) is 4.79 Å². The highest BCUT2D eigenvalue weighted by Crippen LogP contribution is 2.34. The van der Waals surface area contributed by atoms with Crippen LogP contribution >= 0.6 is 23.2 Å². The zero-order valence-electron chi connectivity index (χ0n) is 11.6. The van der Waals surface area contributed by atoms with Gasteiger partial charge in [0.15, 0.2) is 5.75 Å². The predicted octanol–water partition coefficient (Wildman–Crippen LogP) is 2.83. The number of benzene rings is 1. The first-order valence-electron chi connectivity index (χ1n) is 6.57. The van der Waals surface area contributed by atoms with E-state index in [-0.39, 0.29) is 11.9 Å². The standard InChI is InChI=1S/C14H18Cl2N2O2/c1-17-8-10-4-3-5-18(10)14(19)9-6-11(15)13(20-2)12(16)7-9/h6-7,10,17H,3-5,8H2,1-2H3/t10-/m1/s1. The van der Waals surface area contributed by atoms with Gasteiger partial charge in [0, 0.05) is 24.7 Å². The monoisotopic (exact) mass is 316 g/mol. The smallest absolute Gasteiger partial charge is 0.254 e. The topological polar surface area (TPSA) is 41.6 Å². The van der Waals surface area contributed by atoms with Gasteiger partial charge in [0.1, 0.15) is 0 Å². The number of rotatable bonds is 4. The normalized spacial score (nSPS) is 18.4. The van der Waals surface area contributed by atoms with Gasteiger partial charge in [-0.15, -0.1) is 0 Å². The maximum atomic E-state index is 12.6. The number of likely N-dealkylation sites (tertiary alicyclic amines) is 1. The van der Waals surface area contributed by atoms with Gasteiger partial charge < -0.3 is 15.0 Å². The Labute approximate surface area is 129 Å². The van der Waals surface area contributed by atoms with Crippen LogP contribution in [0.3, 0.4) is 0 Å². The number of hydrogen-bond acceptors (Lipinski definition) is 3. The zero-order valence-corrected chi connectivity index (χ0v) is 13.1. The molecular weight excluding hydrogens is 299 g/mol. The van der Waals surface area contributed by atoms with Crippen molar-refractivity contribution >= 4 is 29.1 Å². The predicted molar refractivity (Wildman–Crippen MR) is 81.0 cm³/mol. The number of hydrogen-bond donors (Lipinski definition) is 1. The molecule has 0 aromatic heterocycles. The molecule has 1 N–H and O–H groups in total. The third kappa shape index (κ3) is 3.03. The van der Waals surface area contributed by atoms with Crippen molar-refractivity contribution in [3.8, 4) is 5.75 Å². The maximum absolute atomic E-state index is 12.6. The lowest BCUT2D eigenvalue weighted by Gasteiger charge is -2.25. The zero-order chi connectivity index (χ0) is 14.7. The fourth-order valence-electron chi connectivity index (χ4n) is 2.60. The van der Waals surface area contributed by atoms with Crippen LogP contribution < -0.4 is 10.1 Å². The van der Waals surface area contributed by atoms with E-state index in [2.05, 4.69) is 5.32 Å². The van der Waals surface area contributed by atoms with Crippen molar-refractivity contribution in [2.24, 2.45) is 0 Å². The van der Waals surface area contributed by atoms with Gasteiger partial charge in [0.05, 0.1) is 17.2 Å². The molecule has 0 radical (unpaired) electrons. The number of halogens is 2. The third-order valence-electron chi connectivity index (χ3n) is 3.53. The summed E-state index contributed by atoms with van der Waals surface area (Å²) in [5, 5.41) is 3.83. The second-order valence-corrected chi connectivity index (χ2v) is 5.64. The van der Waals surface area contributed by atoms with Crippen LogP contribution in [0.15, 0.2) is 12.1 Å². The fourth-order valence-corrected chi connectivity index (χ4v) is 3.24. The van der Waals surface area contributed by atoms with Crippen molar-refractivity contribution in [3.63, 3.8) is 0 Å². The molecule has 6 heteroatoms. The number of ether oxygens (including phenoxy) is 1. The molecule has 1 saturated heterocycles. The van der Waals surface area contributed by atoms with Crippen molar-refractivity contribution in [1.29, 1.82) is 0 Å². The Balaban J connectivity index is 2.25. The summed E-state index contributed by atoms with van der Waals surface area (Å²) in [5.74, 6) is 0.368. The van der Waals surface area contributed by atoms with E-state index in [1.54, 1.807) is 12.1 Å². The number of carbonyl (C=O) groups excluding carboxylic acids is 1. The van der Waals surface area contributed by atoms with Crippen LogP contribution in [-0.4, -0.2) is 44.1 Å². The van der Waals surface area contributed by atoms with Gasteiger partial charge in [-0.2, -0.15) is 0 Å². The van der Waals surface area contributed by atoms with Gasteiger partial charge in [0.25, 0.3) is 5.91 Å². The van der Waals surface area contributed by atoms with E-state index in [0.29, 0.717) is 21.4 Å². The second kappa shape index (κ2) is 6.66. The highest BCUT2D eigenvalue weighted by molar-refractivity contribution is 6.37. The molecule has 1 amide bonds. The van der Waals surface area contributed by atoms with Gasteiger partial charge in [-0.05, 0) is 32.0 Å². The summed E-state index contributed by atoms with van der Waals surface area (Å²) in [6.45, 7) is 1.57. The summed E-state index contributed by atoms with van der Waals surface area (Å²) in [4.78, 5) is 14.5. The SMILES string of the molecule is CNC[C@H]1CCCN1C(=O)c1cc(Cl)c(OC)c(Cl)c1. The quantitative estimate of drug-likeness (QED) is 0.928. The van der Waals surface area contributed by atoms with Crippen LogP contribution in [-0.2, 0) is 0 Å². The molecule has 1 aliphatic rings. The number of likely N-dealkylation sites (N-methyl/N-ethyl adjacent to an activating group) is 1. The van der Waals surface area contributed by atoms with Crippen LogP contribution in [0.4, 0.5) is 0 Å². The minimum Gasteiger partial charge on any atom is -0.494 e. The molecule has 1 heterocycles. The average molecular weight is 317 g/mol. The molecule has 1 fully saturated rings. The number of methoxy groups -OCH3 is 1. The van der Waals surface area contributed by atoms with Crippen molar-refractivity contribution in [2.45, 2.75) is 18.9 Å². The molecule has 4 nitrogen and oxygen atoms in total. The van der Waals surface area contributed by atoms with Crippen LogP contribution in [0, 0.1) is 0 Å². The summed E-state index contributed by atoms with van der Waals surface area (Å²) in [6.07, 6.45) is 2.04. The Hall–Kier alpha value is -0.970. The molecule has 0 aliphatic carbocycles. The molecule has 2 rings (SSSR count). The number of nitrogens with zero attached hydrogens (tertiary/aromatic N) is 1. The molecule has 0 bridgehead atoms. The van der Waals surface area contributed by atoms with E-state index in [9.17, 15) is 4.79 Å². The van der Waals surface area contributed by atoms with Crippen molar-refractivity contribution < 1.29 is 9.53 Å². The molecule has 110 valence electrons. The van der Waals surface area contributed by atoms with Crippen LogP contribution in [0.1, 0.15) is 23.2 Å². The third-order valence-corrected chi connectivity index (χ3v) is 4.09. The molecule has 1 aromatic carbocycles. The lowest BCUT2D eigenvalue weighted by Crippen LogP contribution is -2.40. The van der Waals surface area contributed by atoms with Crippen LogP contribution in [0.2, 0.25) is 10.0 Å². The minimum atomic E-state index is -0.0331. The van der Waals surface area contributed by atoms with Crippen molar-refractivity contribution in [2.75, 3.05) is 27.2 Å². The molecule has 1 aromatic rings. The van der Waals surface area contributed by atoms with E-state index in [1.807, 2.05) is 11.9 Å². The van der Waals surface area contributed by atoms with E-state index in [0.717, 1.165) is 25.9 Å². The summed E-state index contributed by atoms with van der Waals surface area (Å²) in [6, 6.07) is 3.46. The Morgan fingerprint density at radius 3 is 2.65 bits per heavy atom. The lowest BCUT2D eigenvalue weighted by molar-refractivity contribution is 0.0737. The summed E-state index contributed by atoms with van der Waals surface area (Å²) < 4.78 is 5.10. The summed E-state index contributed by atoms with van der Waals surface area (Å²) >= 11 is 12.2. The highest BCUT2D eigenvalue weighted by Gasteiger charge is 2.29. The Bertz CT molecular complexity index is 485. The first-order valence-corrected chi connectivity index (χ1v) is 7.32. The molecule has 0 saturated carbocycles. The summed E-state index contributed by atoms with van der Waals surface area (Å²) in [5.41, 5.74) is 0.504. The van der Waals surface area contributed by atoms with Gasteiger partial charge >= 0.3 is 0 Å².